The Balaban J connectivity index is 1.60. The Morgan fingerprint density at radius 1 is 1.03 bits per heavy atom. The molecular weight excluding hydrogens is 471 g/mol. The van der Waals surface area contributed by atoms with Crippen molar-refractivity contribution in [2.45, 2.75) is 32.5 Å². The van der Waals surface area contributed by atoms with Crippen LogP contribution >= 0.6 is 0 Å². The van der Waals surface area contributed by atoms with Crippen LogP contribution in [0.25, 0.3) is 34.0 Å². The highest BCUT2D eigenvalue weighted by Gasteiger charge is 2.34. The van der Waals surface area contributed by atoms with Crippen LogP contribution in [0.2, 0.25) is 0 Å². The van der Waals surface area contributed by atoms with Gasteiger partial charge in [-0.2, -0.15) is 18.2 Å². The molecule has 0 saturated carbocycles. The number of carbonyl (C=O) groups is 1. The Morgan fingerprint density at radius 3 is 2.53 bits per heavy atom. The van der Waals surface area contributed by atoms with E-state index in [0.717, 1.165) is 17.2 Å². The van der Waals surface area contributed by atoms with E-state index < -0.39 is 23.8 Å². The number of alkyl halides is 3. The summed E-state index contributed by atoms with van der Waals surface area (Å²) in [5.74, 6) is -0.701. The highest BCUT2D eigenvalue weighted by atomic mass is 19.4. The van der Waals surface area contributed by atoms with E-state index in [-0.39, 0.29) is 22.8 Å². The lowest BCUT2D eigenvalue weighted by Crippen LogP contribution is -2.34. The zero-order chi connectivity index (χ0) is 25.9. The minimum atomic E-state index is -4.57. The van der Waals surface area contributed by atoms with Crippen molar-refractivity contribution in [2.75, 3.05) is 6.54 Å². The Kier molecular flexibility index (Phi) is 7.21. The van der Waals surface area contributed by atoms with Gasteiger partial charge in [0.15, 0.2) is 0 Å². The first-order valence-corrected chi connectivity index (χ1v) is 11.3. The topological polar surface area (TPSA) is 88.2 Å². The summed E-state index contributed by atoms with van der Waals surface area (Å²) in [7, 11) is 0. The minimum absolute atomic E-state index is 0.0193. The number of benzene rings is 3. The average Bonchev–Trinajstić information content (AvgIpc) is 3.34. The number of hydrogen-bond donors (Lipinski definition) is 2. The molecule has 2 N–H and O–H groups in total. The van der Waals surface area contributed by atoms with Crippen LogP contribution in [0, 0.1) is 6.92 Å². The number of aryl methyl sites for hydroxylation is 1. The molecule has 0 aliphatic heterocycles. The molecule has 186 valence electrons. The molecule has 6 nitrogen and oxygen atoms in total. The van der Waals surface area contributed by atoms with Gasteiger partial charge < -0.3 is 14.9 Å². The second kappa shape index (κ2) is 10.3. The molecule has 0 unspecified atom stereocenters. The number of hydrogen-bond acceptors (Lipinski definition) is 5. The van der Waals surface area contributed by atoms with Crippen molar-refractivity contribution in [3.63, 3.8) is 0 Å². The molecule has 1 aromatic heterocycles. The van der Waals surface area contributed by atoms with Crippen LogP contribution in [0.3, 0.4) is 0 Å². The number of halogens is 3. The fourth-order valence-electron chi connectivity index (χ4n) is 3.87. The van der Waals surface area contributed by atoms with Crippen molar-refractivity contribution in [3.05, 3.63) is 83.4 Å². The van der Waals surface area contributed by atoms with Gasteiger partial charge in [-0.3, -0.25) is 4.79 Å². The summed E-state index contributed by atoms with van der Waals surface area (Å²) in [6.07, 6.45) is -4.00. The zero-order valence-corrected chi connectivity index (χ0v) is 19.6. The Morgan fingerprint density at radius 2 is 1.81 bits per heavy atom. The molecule has 1 heterocycles. The summed E-state index contributed by atoms with van der Waals surface area (Å²) in [5.41, 5.74) is 2.28. The fraction of sp³-hybridized carbons (Fsp3) is 0.222. The number of aliphatic carboxylic acids is 1. The lowest BCUT2D eigenvalue weighted by atomic mass is 9.94. The third kappa shape index (κ3) is 5.63. The fourth-order valence-corrected chi connectivity index (χ4v) is 3.87. The molecule has 3 aromatic carbocycles. The van der Waals surface area contributed by atoms with Crippen LogP contribution in [0.5, 0.6) is 0 Å². The molecule has 0 spiro atoms. The molecular formula is C27H24F3N3O3. The van der Waals surface area contributed by atoms with Crippen molar-refractivity contribution in [1.29, 1.82) is 0 Å². The van der Waals surface area contributed by atoms with Crippen LogP contribution in [0.15, 0.2) is 71.3 Å². The lowest BCUT2D eigenvalue weighted by molar-refractivity contribution is -0.139. The van der Waals surface area contributed by atoms with E-state index in [9.17, 15) is 18.0 Å². The number of carboxylic acid groups (broad SMARTS) is 1. The van der Waals surface area contributed by atoms with Crippen molar-refractivity contribution in [2.24, 2.45) is 0 Å². The molecule has 36 heavy (non-hydrogen) atoms. The maximum absolute atomic E-state index is 14.0. The molecule has 0 fully saturated rings. The molecule has 0 bridgehead atoms. The number of aromatic nitrogens is 2. The first-order valence-electron chi connectivity index (χ1n) is 11.3. The highest BCUT2D eigenvalue weighted by molar-refractivity contribution is 5.75. The van der Waals surface area contributed by atoms with Gasteiger partial charge in [0.25, 0.3) is 5.89 Å². The average molecular weight is 496 g/mol. The molecule has 0 aliphatic rings. The molecule has 4 rings (SSSR count). The smallest absolute Gasteiger partial charge is 0.417 e. The second-order valence-electron chi connectivity index (χ2n) is 8.46. The summed E-state index contributed by atoms with van der Waals surface area (Å²) in [6, 6.07) is 17.6. The molecule has 1 atom stereocenters. The maximum atomic E-state index is 14.0. The van der Waals surface area contributed by atoms with Crippen LogP contribution in [0.1, 0.15) is 23.6 Å². The molecule has 0 aliphatic carbocycles. The van der Waals surface area contributed by atoms with Gasteiger partial charge in [-0.1, -0.05) is 53.7 Å². The van der Waals surface area contributed by atoms with Gasteiger partial charge in [0.05, 0.1) is 5.56 Å². The summed E-state index contributed by atoms with van der Waals surface area (Å²) >= 11 is 0. The minimum Gasteiger partial charge on any atom is -0.480 e. The monoisotopic (exact) mass is 495 g/mol. The summed E-state index contributed by atoms with van der Waals surface area (Å²) in [5, 5.41) is 15.8. The molecule has 0 amide bonds. The normalized spacial score (nSPS) is 12.5. The Bertz CT molecular complexity index is 1380. The van der Waals surface area contributed by atoms with E-state index in [1.807, 2.05) is 12.1 Å². The van der Waals surface area contributed by atoms with Crippen molar-refractivity contribution in [1.82, 2.24) is 15.5 Å². The predicted octanol–water partition coefficient (Wildman–Crippen LogP) is 6.00. The first-order chi connectivity index (χ1) is 17.1. The molecule has 9 heteroatoms. The first kappa shape index (κ1) is 25.1. The van der Waals surface area contributed by atoms with E-state index in [1.165, 1.54) is 6.07 Å². The van der Waals surface area contributed by atoms with Crippen LogP contribution in [0.4, 0.5) is 13.2 Å². The lowest BCUT2D eigenvalue weighted by Gasteiger charge is -2.15. The summed E-state index contributed by atoms with van der Waals surface area (Å²) in [4.78, 5) is 15.3. The quantitative estimate of drug-likeness (QED) is 0.312. The van der Waals surface area contributed by atoms with Gasteiger partial charge in [-0.25, -0.2) is 0 Å². The van der Waals surface area contributed by atoms with Crippen LogP contribution in [-0.4, -0.2) is 33.8 Å². The Labute approximate surface area is 205 Å². The largest absolute Gasteiger partial charge is 0.480 e. The number of rotatable bonds is 8. The van der Waals surface area contributed by atoms with Crippen molar-refractivity contribution < 1.29 is 27.6 Å². The molecule has 4 aromatic rings. The zero-order valence-electron chi connectivity index (χ0n) is 19.6. The van der Waals surface area contributed by atoms with E-state index in [2.05, 4.69) is 15.5 Å². The van der Waals surface area contributed by atoms with Crippen LogP contribution < -0.4 is 5.32 Å². The summed E-state index contributed by atoms with van der Waals surface area (Å²) in [6.45, 7) is 3.80. The molecule has 0 radical (unpaired) electrons. The Hall–Kier alpha value is -3.98. The van der Waals surface area contributed by atoms with Crippen LogP contribution in [-0.2, 0) is 17.4 Å². The molecule has 0 saturated heterocycles. The third-order valence-electron chi connectivity index (χ3n) is 5.85. The van der Waals surface area contributed by atoms with Crippen molar-refractivity contribution in [3.8, 4) is 34.0 Å². The SMILES string of the molecule is Cc1ccccc1-c1ccc(-c2nc(-c3cccc(CCN[C@@H](C)C(=O)O)c3)no2)cc1C(F)(F)F. The van der Waals surface area contributed by atoms with Gasteiger partial charge in [-0.15, -0.1) is 0 Å². The van der Waals surface area contributed by atoms with Crippen molar-refractivity contribution >= 4 is 5.97 Å². The van der Waals surface area contributed by atoms with E-state index in [4.69, 9.17) is 9.63 Å². The maximum Gasteiger partial charge on any atom is 0.417 e. The summed E-state index contributed by atoms with van der Waals surface area (Å²) < 4.78 is 47.2. The van der Waals surface area contributed by atoms with E-state index in [0.29, 0.717) is 24.1 Å². The highest BCUT2D eigenvalue weighted by Crippen LogP contribution is 2.40. The van der Waals surface area contributed by atoms with Gasteiger partial charge in [0, 0.05) is 11.1 Å². The predicted molar refractivity (Wildman–Crippen MR) is 129 cm³/mol. The van der Waals surface area contributed by atoms with E-state index >= 15 is 0 Å². The van der Waals surface area contributed by atoms with E-state index in [1.54, 1.807) is 56.3 Å². The van der Waals surface area contributed by atoms with Gasteiger partial charge in [0.1, 0.15) is 6.04 Å². The second-order valence-corrected chi connectivity index (χ2v) is 8.46. The third-order valence-corrected chi connectivity index (χ3v) is 5.85. The standard InChI is InChI=1S/C27H24F3N3O3/c1-16-6-3-4-9-21(16)22-11-10-20(15-23(22)27(28,29)30)25-32-24(33-36-25)19-8-5-7-18(14-19)12-13-31-17(2)26(34)35/h3-11,14-15,17,31H,12-13H2,1-2H3,(H,34,35)/t17-/m0/s1. The van der Waals surface area contributed by atoms with Gasteiger partial charge in [0.2, 0.25) is 5.82 Å². The number of nitrogens with one attached hydrogen (secondary N) is 1. The van der Waals surface area contributed by atoms with Gasteiger partial charge in [-0.05, 0) is 67.3 Å². The number of carboxylic acids is 1. The van der Waals surface area contributed by atoms with Gasteiger partial charge >= 0.3 is 12.1 Å². The number of nitrogens with zero attached hydrogens (tertiary/aromatic N) is 2.